The van der Waals surface area contributed by atoms with E-state index in [1.807, 2.05) is 11.5 Å². The number of carboxylic acids is 1. The number of benzene rings is 2. The number of aromatic nitrogens is 3. The second-order valence-electron chi connectivity index (χ2n) is 7.49. The van der Waals surface area contributed by atoms with Gasteiger partial charge in [-0.3, -0.25) is 4.79 Å². The molecule has 2 aromatic carbocycles. The summed E-state index contributed by atoms with van der Waals surface area (Å²) in [5, 5.41) is 9.92. The summed E-state index contributed by atoms with van der Waals surface area (Å²) in [4.78, 5) is 15.4. The SMILES string of the molecule is Cc1c(Cn2ccnc2)c2cc(S(=O)(=O)c3ccc(F)cc3)ccc2n1CC(N)C(=O)O. The first-order chi connectivity index (χ1) is 15.2. The van der Waals surface area contributed by atoms with E-state index in [2.05, 4.69) is 4.98 Å². The number of nitrogens with zero attached hydrogens (tertiary/aromatic N) is 3. The minimum absolute atomic E-state index is 0.0153. The third-order valence-corrected chi connectivity index (χ3v) is 7.22. The Morgan fingerprint density at radius 1 is 1.19 bits per heavy atom. The van der Waals surface area contributed by atoms with Gasteiger partial charge in [0.25, 0.3) is 0 Å². The maximum atomic E-state index is 13.3. The number of halogens is 1. The Morgan fingerprint density at radius 3 is 2.50 bits per heavy atom. The van der Waals surface area contributed by atoms with E-state index in [-0.39, 0.29) is 16.3 Å². The van der Waals surface area contributed by atoms with Crippen LogP contribution in [0.3, 0.4) is 0 Å². The van der Waals surface area contributed by atoms with Gasteiger partial charge >= 0.3 is 5.97 Å². The summed E-state index contributed by atoms with van der Waals surface area (Å²) in [6.07, 6.45) is 5.06. The lowest BCUT2D eigenvalue weighted by molar-refractivity contribution is -0.138. The predicted molar refractivity (Wildman–Crippen MR) is 115 cm³/mol. The van der Waals surface area contributed by atoms with Crippen LogP contribution in [-0.4, -0.2) is 39.7 Å². The molecule has 3 N–H and O–H groups in total. The van der Waals surface area contributed by atoms with Gasteiger partial charge in [0, 0.05) is 41.1 Å². The molecule has 0 fully saturated rings. The molecule has 0 amide bonds. The molecule has 0 saturated carbocycles. The van der Waals surface area contributed by atoms with Crippen molar-refractivity contribution in [1.29, 1.82) is 0 Å². The lowest BCUT2D eigenvalue weighted by Gasteiger charge is -2.12. The molecule has 0 aliphatic rings. The first kappa shape index (κ1) is 21.7. The highest BCUT2D eigenvalue weighted by Crippen LogP contribution is 2.31. The Bertz CT molecular complexity index is 1390. The van der Waals surface area contributed by atoms with Crippen molar-refractivity contribution in [1.82, 2.24) is 14.1 Å². The van der Waals surface area contributed by atoms with Crippen LogP contribution in [-0.2, 0) is 27.7 Å². The Hall–Kier alpha value is -3.50. The van der Waals surface area contributed by atoms with Crippen molar-refractivity contribution in [3.8, 4) is 0 Å². The average molecular weight is 456 g/mol. The van der Waals surface area contributed by atoms with Gasteiger partial charge in [-0.1, -0.05) is 0 Å². The number of fused-ring (bicyclic) bond motifs is 1. The fourth-order valence-electron chi connectivity index (χ4n) is 3.72. The summed E-state index contributed by atoms with van der Waals surface area (Å²) >= 11 is 0. The van der Waals surface area contributed by atoms with Gasteiger partial charge in [-0.2, -0.15) is 0 Å². The Kier molecular flexibility index (Phi) is 5.57. The quantitative estimate of drug-likeness (QED) is 0.413. The minimum atomic E-state index is -3.88. The number of imidazole rings is 1. The molecule has 0 radical (unpaired) electrons. The van der Waals surface area contributed by atoms with Gasteiger partial charge in [-0.25, -0.2) is 17.8 Å². The highest BCUT2D eigenvalue weighted by atomic mass is 32.2. The number of sulfone groups is 1. The van der Waals surface area contributed by atoms with E-state index in [1.165, 1.54) is 18.2 Å². The van der Waals surface area contributed by atoms with E-state index in [1.54, 1.807) is 35.4 Å². The summed E-state index contributed by atoms with van der Waals surface area (Å²) in [6.45, 7) is 2.29. The minimum Gasteiger partial charge on any atom is -0.480 e. The van der Waals surface area contributed by atoms with Crippen molar-refractivity contribution in [2.75, 3.05) is 0 Å². The third-order valence-electron chi connectivity index (χ3n) is 5.46. The molecule has 32 heavy (non-hydrogen) atoms. The summed E-state index contributed by atoms with van der Waals surface area (Å²) < 4.78 is 43.2. The standard InChI is InChI=1S/C22H21FN4O4S/c1-14-19(11-26-9-8-25-13-26)18-10-17(32(30,31)16-4-2-15(23)3-5-16)6-7-21(18)27(14)12-20(24)22(28)29/h2-10,13,20H,11-12,24H2,1H3,(H,28,29). The lowest BCUT2D eigenvalue weighted by Crippen LogP contribution is -2.34. The highest BCUT2D eigenvalue weighted by molar-refractivity contribution is 7.91. The molecule has 4 aromatic rings. The maximum Gasteiger partial charge on any atom is 0.322 e. The monoisotopic (exact) mass is 456 g/mol. The smallest absolute Gasteiger partial charge is 0.322 e. The number of carboxylic acid groups (broad SMARTS) is 1. The number of carbonyl (C=O) groups is 1. The first-order valence-electron chi connectivity index (χ1n) is 9.75. The number of rotatable bonds is 7. The summed E-state index contributed by atoms with van der Waals surface area (Å²) in [5.41, 5.74) is 8.06. The molecule has 0 aliphatic heterocycles. The largest absolute Gasteiger partial charge is 0.480 e. The van der Waals surface area contributed by atoms with Gasteiger partial charge in [-0.15, -0.1) is 0 Å². The topological polar surface area (TPSA) is 120 Å². The third kappa shape index (κ3) is 3.90. The van der Waals surface area contributed by atoms with Gasteiger partial charge in [-0.05, 0) is 49.4 Å². The van der Waals surface area contributed by atoms with Crippen LogP contribution in [0.1, 0.15) is 11.3 Å². The number of hydrogen-bond acceptors (Lipinski definition) is 5. The fraction of sp³-hybridized carbons (Fsp3) is 0.182. The Labute approximate surface area is 183 Å². The number of aliphatic carboxylic acids is 1. The second kappa shape index (κ2) is 8.21. The van der Waals surface area contributed by atoms with Gasteiger partial charge in [0.2, 0.25) is 9.84 Å². The zero-order chi connectivity index (χ0) is 23.0. The highest BCUT2D eigenvalue weighted by Gasteiger charge is 2.23. The Balaban J connectivity index is 1.88. The van der Waals surface area contributed by atoms with Crippen LogP contribution in [0, 0.1) is 12.7 Å². The normalized spacial score (nSPS) is 12.8. The molecule has 1 atom stereocenters. The van der Waals surface area contributed by atoms with Crippen LogP contribution >= 0.6 is 0 Å². The number of hydrogen-bond donors (Lipinski definition) is 2. The van der Waals surface area contributed by atoms with E-state index >= 15 is 0 Å². The van der Waals surface area contributed by atoms with Crippen molar-refractivity contribution in [3.63, 3.8) is 0 Å². The molecule has 0 spiro atoms. The van der Waals surface area contributed by atoms with Crippen molar-refractivity contribution in [2.24, 2.45) is 5.73 Å². The molecular formula is C22H21FN4O4S. The zero-order valence-electron chi connectivity index (χ0n) is 17.1. The molecule has 0 aliphatic carbocycles. The maximum absolute atomic E-state index is 13.3. The average Bonchev–Trinajstić information content (AvgIpc) is 3.36. The van der Waals surface area contributed by atoms with Crippen LogP contribution in [0.5, 0.6) is 0 Å². The molecular weight excluding hydrogens is 435 g/mol. The van der Waals surface area contributed by atoms with Crippen LogP contribution in [0.4, 0.5) is 4.39 Å². The van der Waals surface area contributed by atoms with Crippen LogP contribution < -0.4 is 5.73 Å². The van der Waals surface area contributed by atoms with E-state index in [9.17, 15) is 22.7 Å². The fourth-order valence-corrected chi connectivity index (χ4v) is 5.01. The molecule has 2 aromatic heterocycles. The van der Waals surface area contributed by atoms with Crippen molar-refractivity contribution < 1.29 is 22.7 Å². The van der Waals surface area contributed by atoms with Crippen LogP contribution in [0.25, 0.3) is 10.9 Å². The first-order valence-corrected chi connectivity index (χ1v) is 11.2. The van der Waals surface area contributed by atoms with Gasteiger partial charge < -0.3 is 20.0 Å². The van der Waals surface area contributed by atoms with Crippen molar-refractivity contribution >= 4 is 26.7 Å². The molecule has 2 heterocycles. The Morgan fingerprint density at radius 2 is 1.88 bits per heavy atom. The molecule has 4 rings (SSSR count). The van der Waals surface area contributed by atoms with Crippen LogP contribution in [0.15, 0.2) is 71.0 Å². The van der Waals surface area contributed by atoms with E-state index in [0.29, 0.717) is 17.4 Å². The second-order valence-corrected chi connectivity index (χ2v) is 9.44. The van der Waals surface area contributed by atoms with E-state index < -0.39 is 27.7 Å². The van der Waals surface area contributed by atoms with Crippen molar-refractivity contribution in [3.05, 3.63) is 78.3 Å². The molecule has 166 valence electrons. The lowest BCUT2D eigenvalue weighted by atomic mass is 10.1. The van der Waals surface area contributed by atoms with E-state index in [0.717, 1.165) is 23.4 Å². The molecule has 0 bridgehead atoms. The van der Waals surface area contributed by atoms with Crippen molar-refractivity contribution in [2.45, 2.75) is 35.8 Å². The van der Waals surface area contributed by atoms with Gasteiger partial charge in [0.05, 0.1) is 22.7 Å². The molecule has 0 saturated heterocycles. The molecule has 10 heteroatoms. The predicted octanol–water partition coefficient (Wildman–Crippen LogP) is 2.58. The van der Waals surface area contributed by atoms with Gasteiger partial charge in [0.15, 0.2) is 0 Å². The van der Waals surface area contributed by atoms with Gasteiger partial charge in [0.1, 0.15) is 11.9 Å². The number of nitrogens with two attached hydrogens (primary N) is 1. The molecule has 8 nitrogen and oxygen atoms in total. The van der Waals surface area contributed by atoms with Crippen LogP contribution in [0.2, 0.25) is 0 Å². The molecule has 1 unspecified atom stereocenters. The zero-order valence-corrected chi connectivity index (χ0v) is 18.0. The summed E-state index contributed by atoms with van der Waals surface area (Å²) in [7, 11) is -3.88. The van der Waals surface area contributed by atoms with E-state index in [4.69, 9.17) is 5.73 Å². The summed E-state index contributed by atoms with van der Waals surface area (Å²) in [5.74, 6) is -1.65. The summed E-state index contributed by atoms with van der Waals surface area (Å²) in [6, 6.07) is 8.21.